The normalized spacial score (nSPS) is 15.6. The molecule has 2 N–H and O–H groups in total. The molecular formula is C23H30N2O4. The molecule has 156 valence electrons. The van der Waals surface area contributed by atoms with Crippen molar-refractivity contribution < 1.29 is 19.1 Å². The lowest BCUT2D eigenvalue weighted by atomic mass is 9.95. The van der Waals surface area contributed by atoms with Crippen molar-refractivity contribution in [3.8, 4) is 5.75 Å². The first kappa shape index (κ1) is 21.1. The average Bonchev–Trinajstić information content (AvgIpc) is 2.71. The van der Waals surface area contributed by atoms with Gasteiger partial charge in [0.1, 0.15) is 11.9 Å². The third kappa shape index (κ3) is 5.07. The molecule has 6 nitrogen and oxygen atoms in total. The Morgan fingerprint density at radius 3 is 2.52 bits per heavy atom. The molecule has 0 bridgehead atoms. The molecule has 1 aliphatic rings. The van der Waals surface area contributed by atoms with Crippen LogP contribution < -0.4 is 10.5 Å². The minimum atomic E-state index is -0.413. The van der Waals surface area contributed by atoms with Gasteiger partial charge in [-0.15, -0.1) is 0 Å². The van der Waals surface area contributed by atoms with E-state index in [2.05, 4.69) is 18.7 Å². The molecule has 0 aromatic heterocycles. The summed E-state index contributed by atoms with van der Waals surface area (Å²) in [6.45, 7) is 6.55. The third-order valence-corrected chi connectivity index (χ3v) is 5.64. The number of fused-ring (bicyclic) bond motifs is 1. The Bertz CT molecular complexity index is 886. The maximum Gasteiger partial charge on any atom is 0.338 e. The first-order valence-electron chi connectivity index (χ1n) is 10.2. The highest BCUT2D eigenvalue weighted by Gasteiger charge is 2.22. The number of likely N-dealkylation sites (tertiary alicyclic amines) is 1. The van der Waals surface area contributed by atoms with Gasteiger partial charge in [-0.1, -0.05) is 12.1 Å². The van der Waals surface area contributed by atoms with Gasteiger partial charge in [-0.2, -0.15) is 0 Å². The molecule has 29 heavy (non-hydrogen) atoms. The maximum atomic E-state index is 12.2. The first-order chi connectivity index (χ1) is 13.9. The molecule has 1 amide bonds. The second-order valence-electron chi connectivity index (χ2n) is 7.88. The van der Waals surface area contributed by atoms with Crippen LogP contribution in [-0.2, 0) is 16.0 Å². The highest BCUT2D eigenvalue weighted by molar-refractivity contribution is 5.99. The summed E-state index contributed by atoms with van der Waals surface area (Å²) in [4.78, 5) is 25.9. The fourth-order valence-electron chi connectivity index (χ4n) is 3.97. The lowest BCUT2D eigenvalue weighted by Gasteiger charge is -2.34. The van der Waals surface area contributed by atoms with Crippen LogP contribution in [0.1, 0.15) is 49.0 Å². The summed E-state index contributed by atoms with van der Waals surface area (Å²) < 4.78 is 11.1. The minimum Gasteiger partial charge on any atom is -0.490 e. The van der Waals surface area contributed by atoms with Gasteiger partial charge in [0, 0.05) is 25.6 Å². The Balaban J connectivity index is 1.82. The number of primary amides is 1. The fraction of sp³-hybridized carbons (Fsp3) is 0.478. The van der Waals surface area contributed by atoms with Crippen molar-refractivity contribution in [2.75, 3.05) is 20.2 Å². The van der Waals surface area contributed by atoms with E-state index in [4.69, 9.17) is 15.2 Å². The molecule has 1 fully saturated rings. The molecule has 1 aliphatic heterocycles. The van der Waals surface area contributed by atoms with Gasteiger partial charge >= 0.3 is 5.97 Å². The monoisotopic (exact) mass is 398 g/mol. The second kappa shape index (κ2) is 9.27. The highest BCUT2D eigenvalue weighted by atomic mass is 16.5. The number of piperidine rings is 1. The van der Waals surface area contributed by atoms with Gasteiger partial charge in [0.2, 0.25) is 5.91 Å². The van der Waals surface area contributed by atoms with Crippen LogP contribution in [0.25, 0.3) is 10.8 Å². The minimum absolute atomic E-state index is 0.176. The summed E-state index contributed by atoms with van der Waals surface area (Å²) in [5.74, 6) is 0.0151. The summed E-state index contributed by atoms with van der Waals surface area (Å²) >= 11 is 0. The number of hydrogen-bond acceptors (Lipinski definition) is 5. The predicted octanol–water partition coefficient (Wildman–Crippen LogP) is 3.30. The zero-order chi connectivity index (χ0) is 21.0. The molecule has 0 aliphatic carbocycles. The topological polar surface area (TPSA) is 81.9 Å². The smallest absolute Gasteiger partial charge is 0.338 e. The van der Waals surface area contributed by atoms with Gasteiger partial charge in [-0.05, 0) is 67.6 Å². The number of benzene rings is 2. The van der Waals surface area contributed by atoms with Crippen LogP contribution in [0.5, 0.6) is 5.75 Å². The number of ether oxygens (including phenoxy) is 2. The number of carbonyl (C=O) groups is 2. The number of carbonyl (C=O) groups excluding carboxylic acids is 2. The van der Waals surface area contributed by atoms with Gasteiger partial charge in [-0.3, -0.25) is 4.79 Å². The summed E-state index contributed by atoms with van der Waals surface area (Å²) in [5, 5.41) is 1.88. The van der Waals surface area contributed by atoms with Crippen molar-refractivity contribution in [2.24, 2.45) is 5.73 Å². The number of nitrogens with two attached hydrogens (primary N) is 1. The van der Waals surface area contributed by atoms with Crippen molar-refractivity contribution in [1.82, 2.24) is 4.90 Å². The van der Waals surface area contributed by atoms with Crippen LogP contribution in [0.2, 0.25) is 0 Å². The van der Waals surface area contributed by atoms with Crippen LogP contribution in [0.3, 0.4) is 0 Å². The lowest BCUT2D eigenvalue weighted by molar-refractivity contribution is -0.117. The molecule has 0 spiro atoms. The van der Waals surface area contributed by atoms with E-state index in [1.807, 2.05) is 24.3 Å². The van der Waals surface area contributed by atoms with E-state index in [0.29, 0.717) is 18.0 Å². The number of methoxy groups -OCH3 is 1. The van der Waals surface area contributed by atoms with Crippen molar-refractivity contribution in [1.29, 1.82) is 0 Å². The van der Waals surface area contributed by atoms with Gasteiger partial charge < -0.3 is 20.1 Å². The molecule has 1 heterocycles. The zero-order valence-electron chi connectivity index (χ0n) is 17.4. The number of aryl methyl sites for hydroxylation is 1. The lowest BCUT2D eigenvalue weighted by Crippen LogP contribution is -2.41. The first-order valence-corrected chi connectivity index (χ1v) is 10.2. The summed E-state index contributed by atoms with van der Waals surface area (Å²) in [6, 6.07) is 10.1. The largest absolute Gasteiger partial charge is 0.490 e. The average molecular weight is 399 g/mol. The Hall–Kier alpha value is -2.60. The number of nitrogens with zero attached hydrogens (tertiary/aromatic N) is 1. The Labute approximate surface area is 172 Å². The van der Waals surface area contributed by atoms with E-state index in [-0.39, 0.29) is 12.5 Å². The maximum absolute atomic E-state index is 12.2. The van der Waals surface area contributed by atoms with Gasteiger partial charge in [0.15, 0.2) is 0 Å². The molecule has 2 aromatic rings. The molecule has 0 saturated carbocycles. The van der Waals surface area contributed by atoms with E-state index >= 15 is 0 Å². The van der Waals surface area contributed by atoms with Crippen LogP contribution in [0.15, 0.2) is 30.3 Å². The standard InChI is InChI=1S/C23H30N2O4/c1-15(2)25-12-10-17(11-13-25)29-18-5-7-19-16(14-18)4-6-21(23(27)28-3)20(19)8-9-22(24)26/h4-7,14-15,17H,8-13H2,1-3H3,(H2,24,26). The van der Waals surface area contributed by atoms with E-state index in [1.165, 1.54) is 7.11 Å². The molecule has 0 atom stereocenters. The number of rotatable bonds is 7. The summed E-state index contributed by atoms with van der Waals surface area (Å²) in [5.41, 5.74) is 6.57. The number of hydrogen-bond donors (Lipinski definition) is 1. The second-order valence-corrected chi connectivity index (χ2v) is 7.88. The van der Waals surface area contributed by atoms with Gasteiger partial charge in [0.25, 0.3) is 0 Å². The summed E-state index contributed by atoms with van der Waals surface area (Å²) in [7, 11) is 1.35. The van der Waals surface area contributed by atoms with E-state index in [1.54, 1.807) is 6.07 Å². The molecule has 3 rings (SSSR count). The molecule has 0 radical (unpaired) electrons. The van der Waals surface area contributed by atoms with E-state index in [9.17, 15) is 9.59 Å². The van der Waals surface area contributed by atoms with Crippen molar-refractivity contribution in [2.45, 2.75) is 51.7 Å². The van der Waals surface area contributed by atoms with Gasteiger partial charge in [-0.25, -0.2) is 4.79 Å². The van der Waals surface area contributed by atoms with E-state index in [0.717, 1.165) is 48.0 Å². The molecule has 1 saturated heterocycles. The number of esters is 1. The molecule has 2 aromatic carbocycles. The molecule has 0 unspecified atom stereocenters. The Kier molecular flexibility index (Phi) is 6.75. The molecular weight excluding hydrogens is 368 g/mol. The third-order valence-electron chi connectivity index (χ3n) is 5.64. The predicted molar refractivity (Wildman–Crippen MR) is 113 cm³/mol. The SMILES string of the molecule is COC(=O)c1ccc2cc(OC3CCN(C(C)C)CC3)ccc2c1CCC(N)=O. The van der Waals surface area contributed by atoms with Crippen LogP contribution >= 0.6 is 0 Å². The van der Waals surface area contributed by atoms with Crippen molar-refractivity contribution >= 4 is 22.6 Å². The Morgan fingerprint density at radius 1 is 1.17 bits per heavy atom. The highest BCUT2D eigenvalue weighted by Crippen LogP contribution is 2.29. The summed E-state index contributed by atoms with van der Waals surface area (Å²) in [6.07, 6.45) is 2.81. The van der Waals surface area contributed by atoms with Crippen molar-refractivity contribution in [3.63, 3.8) is 0 Å². The van der Waals surface area contributed by atoms with Crippen molar-refractivity contribution in [3.05, 3.63) is 41.5 Å². The zero-order valence-corrected chi connectivity index (χ0v) is 17.4. The van der Waals surface area contributed by atoms with Gasteiger partial charge in [0.05, 0.1) is 12.7 Å². The number of amides is 1. The van der Waals surface area contributed by atoms with Crippen LogP contribution in [0.4, 0.5) is 0 Å². The Morgan fingerprint density at radius 2 is 1.90 bits per heavy atom. The fourth-order valence-corrected chi connectivity index (χ4v) is 3.97. The van der Waals surface area contributed by atoms with Crippen LogP contribution in [-0.4, -0.2) is 49.1 Å². The molecule has 6 heteroatoms. The quantitative estimate of drug-likeness (QED) is 0.724. The van der Waals surface area contributed by atoms with Crippen LogP contribution in [0, 0.1) is 0 Å². The van der Waals surface area contributed by atoms with E-state index < -0.39 is 11.9 Å².